The van der Waals surface area contributed by atoms with Crippen LogP contribution >= 0.6 is 0 Å². The van der Waals surface area contributed by atoms with Crippen LogP contribution in [0, 0.1) is 11.3 Å². The third kappa shape index (κ3) is 2.34. The Balaban J connectivity index is 1.79. The van der Waals surface area contributed by atoms with Crippen molar-refractivity contribution in [2.75, 3.05) is 13.7 Å². The molecule has 4 heteroatoms. The molecule has 0 aromatic heterocycles. The van der Waals surface area contributed by atoms with Gasteiger partial charge in [-0.25, -0.2) is 0 Å². The van der Waals surface area contributed by atoms with Crippen LogP contribution in [-0.2, 0) is 23.0 Å². The molecule has 3 aliphatic rings. The van der Waals surface area contributed by atoms with E-state index in [4.69, 9.17) is 9.47 Å². The first kappa shape index (κ1) is 15.9. The summed E-state index contributed by atoms with van der Waals surface area (Å²) in [7, 11) is 1.72. The molecule has 0 radical (unpaired) electrons. The molecule has 4 nitrogen and oxygen atoms in total. The Kier molecular flexibility index (Phi) is 3.82. The summed E-state index contributed by atoms with van der Waals surface area (Å²) in [6.45, 7) is 0.835. The first-order valence-electron chi connectivity index (χ1n) is 9.04. The van der Waals surface area contributed by atoms with Crippen LogP contribution in [0.4, 0.5) is 0 Å². The minimum Gasteiger partial charge on any atom is -0.496 e. The first-order chi connectivity index (χ1) is 11.6. The first-order valence-corrected chi connectivity index (χ1v) is 9.04. The van der Waals surface area contributed by atoms with E-state index in [1.54, 1.807) is 7.11 Å². The fraction of sp³-hybridized carbons (Fsp3) is 0.650. The van der Waals surface area contributed by atoms with Crippen molar-refractivity contribution < 1.29 is 14.6 Å². The number of nitrogens with zero attached hydrogens (tertiary/aromatic N) is 1. The third-order valence-corrected chi connectivity index (χ3v) is 6.33. The molecule has 2 aliphatic carbocycles. The highest BCUT2D eigenvalue weighted by atomic mass is 16.5. The fourth-order valence-electron chi connectivity index (χ4n) is 4.98. The Hall–Kier alpha value is -1.57. The van der Waals surface area contributed by atoms with Crippen molar-refractivity contribution in [2.24, 2.45) is 0 Å². The average Bonchev–Trinajstić information content (AvgIpc) is 3.22. The van der Waals surface area contributed by atoms with E-state index in [1.807, 2.05) is 6.07 Å². The molecular formula is C20H25NO3. The molecule has 1 aromatic carbocycles. The topological polar surface area (TPSA) is 62.5 Å². The Bertz CT molecular complexity index is 677. The van der Waals surface area contributed by atoms with Crippen molar-refractivity contribution in [2.45, 2.75) is 68.5 Å². The quantitative estimate of drug-likeness (QED) is 0.907. The number of methoxy groups -OCH3 is 1. The van der Waals surface area contributed by atoms with Crippen molar-refractivity contribution in [3.8, 4) is 11.8 Å². The van der Waals surface area contributed by atoms with E-state index in [-0.39, 0.29) is 11.7 Å². The van der Waals surface area contributed by atoms with E-state index >= 15 is 0 Å². The van der Waals surface area contributed by atoms with Gasteiger partial charge < -0.3 is 14.6 Å². The van der Waals surface area contributed by atoms with Gasteiger partial charge in [0.05, 0.1) is 30.3 Å². The van der Waals surface area contributed by atoms with Crippen LogP contribution in [0.15, 0.2) is 12.1 Å². The van der Waals surface area contributed by atoms with E-state index in [1.165, 1.54) is 11.1 Å². The lowest BCUT2D eigenvalue weighted by Crippen LogP contribution is -2.34. The van der Waals surface area contributed by atoms with Gasteiger partial charge in [-0.05, 0) is 55.7 Å². The van der Waals surface area contributed by atoms with Gasteiger partial charge in [-0.2, -0.15) is 5.26 Å². The average molecular weight is 327 g/mol. The molecule has 0 bridgehead atoms. The number of hydrogen-bond acceptors (Lipinski definition) is 4. The summed E-state index contributed by atoms with van der Waals surface area (Å²) >= 11 is 0. The fourth-order valence-corrected chi connectivity index (χ4v) is 4.98. The number of aliphatic hydroxyl groups excluding tert-OH is 1. The monoisotopic (exact) mass is 327 g/mol. The molecule has 1 aromatic rings. The van der Waals surface area contributed by atoms with E-state index < -0.39 is 5.41 Å². The number of nitriles is 1. The maximum atomic E-state index is 10.0. The highest BCUT2D eigenvalue weighted by Crippen LogP contribution is 2.49. The van der Waals surface area contributed by atoms with Crippen LogP contribution in [0.3, 0.4) is 0 Å². The molecule has 1 saturated heterocycles. The molecule has 1 spiro atoms. The minimum absolute atomic E-state index is 0.0868. The van der Waals surface area contributed by atoms with Crippen LogP contribution in [0.5, 0.6) is 5.75 Å². The number of benzene rings is 1. The lowest BCUT2D eigenvalue weighted by atomic mass is 9.68. The molecule has 2 fully saturated rings. The van der Waals surface area contributed by atoms with Gasteiger partial charge in [0.2, 0.25) is 0 Å². The van der Waals surface area contributed by atoms with Gasteiger partial charge in [0.1, 0.15) is 5.75 Å². The van der Waals surface area contributed by atoms with E-state index in [9.17, 15) is 10.4 Å². The summed E-state index contributed by atoms with van der Waals surface area (Å²) in [6.07, 6.45) is 6.59. The van der Waals surface area contributed by atoms with Crippen LogP contribution in [-0.4, -0.2) is 30.5 Å². The van der Waals surface area contributed by atoms with Gasteiger partial charge >= 0.3 is 0 Å². The molecule has 1 aliphatic heterocycles. The second-order valence-corrected chi connectivity index (χ2v) is 7.69. The standard InChI is InChI=1S/C20H25NO3/c1-23-18-4-3-17(19(13-21)8-5-14(22)6-9-19)15-11-20(12-16(15)18)7-2-10-24-20/h3-4,14,22H,2,5-12H2,1H3/t14-,19-,20?. The van der Waals surface area contributed by atoms with Crippen LogP contribution in [0.1, 0.15) is 55.2 Å². The maximum Gasteiger partial charge on any atom is 0.122 e. The van der Waals surface area contributed by atoms with E-state index in [2.05, 4.69) is 12.1 Å². The second kappa shape index (κ2) is 5.75. The summed E-state index contributed by atoms with van der Waals surface area (Å²) in [5.41, 5.74) is 3.10. The van der Waals surface area contributed by atoms with Gasteiger partial charge in [0.25, 0.3) is 0 Å². The largest absolute Gasteiger partial charge is 0.496 e. The zero-order valence-electron chi connectivity index (χ0n) is 14.3. The van der Waals surface area contributed by atoms with Gasteiger partial charge in [-0.1, -0.05) is 6.07 Å². The van der Waals surface area contributed by atoms with Gasteiger partial charge in [-0.15, -0.1) is 0 Å². The Morgan fingerprint density at radius 2 is 1.96 bits per heavy atom. The highest BCUT2D eigenvalue weighted by Gasteiger charge is 2.47. The molecule has 1 N–H and O–H groups in total. The van der Waals surface area contributed by atoms with E-state index in [0.717, 1.165) is 56.4 Å². The number of rotatable bonds is 2. The van der Waals surface area contributed by atoms with Crippen LogP contribution < -0.4 is 4.74 Å². The predicted octanol–water partition coefficient (Wildman–Crippen LogP) is 3.04. The molecule has 1 saturated carbocycles. The second-order valence-electron chi connectivity index (χ2n) is 7.69. The lowest BCUT2D eigenvalue weighted by molar-refractivity contribution is 0.0130. The molecule has 0 amide bonds. The zero-order valence-corrected chi connectivity index (χ0v) is 14.3. The summed E-state index contributed by atoms with van der Waals surface area (Å²) in [4.78, 5) is 0. The van der Waals surface area contributed by atoms with Gasteiger partial charge in [0.15, 0.2) is 0 Å². The molecule has 24 heavy (non-hydrogen) atoms. The van der Waals surface area contributed by atoms with Gasteiger partial charge in [-0.3, -0.25) is 0 Å². The molecule has 1 unspecified atom stereocenters. The molecule has 1 heterocycles. The normalized spacial score (nSPS) is 35.0. The highest BCUT2D eigenvalue weighted by molar-refractivity contribution is 5.54. The molecule has 128 valence electrons. The number of ether oxygens (including phenoxy) is 2. The summed E-state index contributed by atoms with van der Waals surface area (Å²) in [6, 6.07) is 6.72. The smallest absolute Gasteiger partial charge is 0.122 e. The van der Waals surface area contributed by atoms with Crippen LogP contribution in [0.2, 0.25) is 0 Å². The Labute approximate surface area is 143 Å². The third-order valence-electron chi connectivity index (χ3n) is 6.33. The summed E-state index contributed by atoms with van der Waals surface area (Å²) in [5.74, 6) is 0.921. The molecule has 1 atom stereocenters. The summed E-state index contributed by atoms with van der Waals surface area (Å²) < 4.78 is 11.7. The summed E-state index contributed by atoms with van der Waals surface area (Å²) in [5, 5.41) is 19.9. The maximum absolute atomic E-state index is 10.0. The minimum atomic E-state index is -0.473. The zero-order chi connectivity index (χ0) is 16.8. The number of fused-ring (bicyclic) bond motifs is 1. The van der Waals surface area contributed by atoms with Gasteiger partial charge in [0, 0.05) is 25.0 Å². The van der Waals surface area contributed by atoms with Crippen molar-refractivity contribution >= 4 is 0 Å². The van der Waals surface area contributed by atoms with Crippen molar-refractivity contribution in [3.05, 3.63) is 28.8 Å². The molecular weight excluding hydrogens is 302 g/mol. The predicted molar refractivity (Wildman–Crippen MR) is 90.1 cm³/mol. The number of aliphatic hydroxyl groups is 1. The van der Waals surface area contributed by atoms with E-state index in [0.29, 0.717) is 12.8 Å². The van der Waals surface area contributed by atoms with Crippen molar-refractivity contribution in [1.29, 1.82) is 5.26 Å². The van der Waals surface area contributed by atoms with Crippen LogP contribution in [0.25, 0.3) is 0 Å². The Morgan fingerprint density at radius 1 is 1.21 bits per heavy atom. The van der Waals surface area contributed by atoms with Crippen molar-refractivity contribution in [1.82, 2.24) is 0 Å². The lowest BCUT2D eigenvalue weighted by Gasteiger charge is -2.35. The molecule has 4 rings (SSSR count). The number of hydrogen-bond donors (Lipinski definition) is 1. The SMILES string of the molecule is COc1ccc([C@]2(C#N)CC[C@@H](O)CC2)c2c1CC1(CCCO1)C2. The van der Waals surface area contributed by atoms with Crippen molar-refractivity contribution in [3.63, 3.8) is 0 Å². The Morgan fingerprint density at radius 3 is 2.58 bits per heavy atom.